The SMILES string of the molecule is C=C(CCCCCCC)CCCCCCCCCCCCCCCC(=O)O. The van der Waals surface area contributed by atoms with E-state index in [9.17, 15) is 4.79 Å². The Morgan fingerprint density at radius 2 is 0.852 bits per heavy atom. The molecule has 0 rings (SSSR count). The Hall–Kier alpha value is -0.790. The van der Waals surface area contributed by atoms with Crippen LogP contribution >= 0.6 is 0 Å². The first kappa shape index (κ1) is 26.2. The molecule has 0 aromatic rings. The second kappa shape index (κ2) is 21.5. The fourth-order valence-electron chi connectivity index (χ4n) is 3.70. The predicted molar refractivity (Wildman–Crippen MR) is 119 cm³/mol. The standard InChI is InChI=1S/C25H48O2/c1-3-4-5-15-18-21-24(2)22-19-16-13-11-9-7-6-8-10-12-14-17-20-23-25(26)27/h2-23H2,1H3,(H,26,27). The molecule has 160 valence electrons. The average molecular weight is 381 g/mol. The van der Waals surface area contributed by atoms with E-state index in [0.29, 0.717) is 6.42 Å². The minimum atomic E-state index is -0.655. The summed E-state index contributed by atoms with van der Waals surface area (Å²) < 4.78 is 0. The number of hydrogen-bond donors (Lipinski definition) is 1. The molecule has 0 aliphatic carbocycles. The van der Waals surface area contributed by atoms with Crippen molar-refractivity contribution in [1.29, 1.82) is 0 Å². The van der Waals surface area contributed by atoms with Crippen molar-refractivity contribution >= 4 is 5.97 Å². The Morgan fingerprint density at radius 1 is 0.556 bits per heavy atom. The van der Waals surface area contributed by atoms with E-state index in [2.05, 4.69) is 13.5 Å². The van der Waals surface area contributed by atoms with Crippen LogP contribution in [0.3, 0.4) is 0 Å². The van der Waals surface area contributed by atoms with Gasteiger partial charge in [0.25, 0.3) is 0 Å². The Labute approximate surface area is 170 Å². The molecule has 2 nitrogen and oxygen atoms in total. The van der Waals surface area contributed by atoms with Gasteiger partial charge < -0.3 is 5.11 Å². The number of allylic oxidation sites excluding steroid dienone is 1. The lowest BCUT2D eigenvalue weighted by Gasteiger charge is -2.06. The molecular formula is C25H48O2. The van der Waals surface area contributed by atoms with Gasteiger partial charge >= 0.3 is 5.97 Å². The normalized spacial score (nSPS) is 11.0. The van der Waals surface area contributed by atoms with Crippen LogP contribution in [0, 0.1) is 0 Å². The molecule has 2 heteroatoms. The van der Waals surface area contributed by atoms with Crippen LogP contribution in [0.5, 0.6) is 0 Å². The lowest BCUT2D eigenvalue weighted by molar-refractivity contribution is -0.137. The predicted octanol–water partition coefficient (Wildman–Crippen LogP) is 8.84. The summed E-state index contributed by atoms with van der Waals surface area (Å²) in [6.07, 6.45) is 26.5. The summed E-state index contributed by atoms with van der Waals surface area (Å²) in [7, 11) is 0. The third-order valence-electron chi connectivity index (χ3n) is 5.55. The average Bonchev–Trinajstić information content (AvgIpc) is 2.64. The summed E-state index contributed by atoms with van der Waals surface area (Å²) in [5, 5.41) is 8.58. The van der Waals surface area contributed by atoms with Crippen LogP contribution in [-0.4, -0.2) is 11.1 Å². The lowest BCUT2D eigenvalue weighted by atomic mass is 10.0. The fourth-order valence-corrected chi connectivity index (χ4v) is 3.70. The van der Waals surface area contributed by atoms with Crippen LogP contribution in [0.25, 0.3) is 0 Å². The Morgan fingerprint density at radius 3 is 1.19 bits per heavy atom. The number of carboxylic acid groups (broad SMARTS) is 1. The van der Waals surface area contributed by atoms with E-state index in [4.69, 9.17) is 5.11 Å². The first-order valence-corrected chi connectivity index (χ1v) is 12.0. The van der Waals surface area contributed by atoms with Gasteiger partial charge in [0.2, 0.25) is 0 Å². The van der Waals surface area contributed by atoms with E-state index in [0.717, 1.165) is 12.8 Å². The van der Waals surface area contributed by atoms with Crippen LogP contribution in [0.2, 0.25) is 0 Å². The molecule has 0 spiro atoms. The van der Waals surface area contributed by atoms with E-state index in [1.807, 2.05) is 0 Å². The Bertz CT molecular complexity index is 335. The fraction of sp³-hybridized carbons (Fsp3) is 0.880. The summed E-state index contributed by atoms with van der Waals surface area (Å²) in [5.74, 6) is -0.655. The highest BCUT2D eigenvalue weighted by Crippen LogP contribution is 2.17. The van der Waals surface area contributed by atoms with Gasteiger partial charge in [-0.1, -0.05) is 115 Å². The zero-order chi connectivity index (χ0) is 20.0. The minimum Gasteiger partial charge on any atom is -0.481 e. The van der Waals surface area contributed by atoms with Crippen molar-refractivity contribution in [2.24, 2.45) is 0 Å². The molecule has 0 saturated carbocycles. The summed E-state index contributed by atoms with van der Waals surface area (Å²) in [6, 6.07) is 0. The third-order valence-corrected chi connectivity index (χ3v) is 5.55. The molecule has 0 atom stereocenters. The molecule has 0 bridgehead atoms. The number of hydrogen-bond acceptors (Lipinski definition) is 1. The van der Waals surface area contributed by atoms with Gasteiger partial charge in [-0.15, -0.1) is 0 Å². The van der Waals surface area contributed by atoms with E-state index >= 15 is 0 Å². The van der Waals surface area contributed by atoms with Crippen molar-refractivity contribution in [2.75, 3.05) is 0 Å². The zero-order valence-corrected chi connectivity index (χ0v) is 18.4. The Kier molecular flexibility index (Phi) is 20.9. The van der Waals surface area contributed by atoms with Crippen molar-refractivity contribution in [3.05, 3.63) is 12.2 Å². The highest BCUT2D eigenvalue weighted by molar-refractivity contribution is 5.66. The molecule has 0 aliphatic rings. The largest absolute Gasteiger partial charge is 0.481 e. The highest BCUT2D eigenvalue weighted by atomic mass is 16.4. The van der Waals surface area contributed by atoms with Gasteiger partial charge in [0.15, 0.2) is 0 Å². The van der Waals surface area contributed by atoms with Crippen LogP contribution in [0.15, 0.2) is 12.2 Å². The van der Waals surface area contributed by atoms with Crippen molar-refractivity contribution in [2.45, 2.75) is 142 Å². The van der Waals surface area contributed by atoms with E-state index in [-0.39, 0.29) is 0 Å². The van der Waals surface area contributed by atoms with Gasteiger partial charge in [-0.2, -0.15) is 0 Å². The van der Waals surface area contributed by atoms with Gasteiger partial charge in [0.1, 0.15) is 0 Å². The molecule has 0 fully saturated rings. The van der Waals surface area contributed by atoms with E-state index < -0.39 is 5.97 Å². The second-order valence-corrected chi connectivity index (χ2v) is 8.40. The number of aliphatic carboxylic acids is 1. The van der Waals surface area contributed by atoms with Crippen molar-refractivity contribution in [3.8, 4) is 0 Å². The molecule has 0 amide bonds. The zero-order valence-electron chi connectivity index (χ0n) is 18.4. The first-order valence-electron chi connectivity index (χ1n) is 12.0. The van der Waals surface area contributed by atoms with Crippen LogP contribution in [0.1, 0.15) is 142 Å². The molecule has 0 aromatic heterocycles. The van der Waals surface area contributed by atoms with E-state index in [1.54, 1.807) is 0 Å². The van der Waals surface area contributed by atoms with Gasteiger partial charge in [-0.3, -0.25) is 4.79 Å². The van der Waals surface area contributed by atoms with Crippen molar-refractivity contribution in [1.82, 2.24) is 0 Å². The first-order chi connectivity index (χ1) is 13.2. The maximum Gasteiger partial charge on any atom is 0.303 e. The Balaban J connectivity index is 3.12. The molecule has 27 heavy (non-hydrogen) atoms. The quantitative estimate of drug-likeness (QED) is 0.150. The van der Waals surface area contributed by atoms with Gasteiger partial charge in [0, 0.05) is 6.42 Å². The monoisotopic (exact) mass is 380 g/mol. The molecule has 0 radical (unpaired) electrons. The lowest BCUT2D eigenvalue weighted by Crippen LogP contribution is -1.93. The minimum absolute atomic E-state index is 0.340. The summed E-state index contributed by atoms with van der Waals surface area (Å²) in [4.78, 5) is 10.4. The number of unbranched alkanes of at least 4 members (excludes halogenated alkanes) is 16. The molecule has 0 aliphatic heterocycles. The molecule has 0 aromatic carbocycles. The number of rotatable bonds is 22. The summed E-state index contributed by atoms with van der Waals surface area (Å²) >= 11 is 0. The smallest absolute Gasteiger partial charge is 0.303 e. The maximum absolute atomic E-state index is 10.4. The number of carbonyl (C=O) groups is 1. The molecule has 1 N–H and O–H groups in total. The summed E-state index contributed by atoms with van der Waals surface area (Å²) in [5.41, 5.74) is 1.48. The van der Waals surface area contributed by atoms with Crippen LogP contribution in [0.4, 0.5) is 0 Å². The van der Waals surface area contributed by atoms with Crippen molar-refractivity contribution in [3.63, 3.8) is 0 Å². The van der Waals surface area contributed by atoms with Gasteiger partial charge in [-0.05, 0) is 32.1 Å². The van der Waals surface area contributed by atoms with Gasteiger partial charge in [0.05, 0.1) is 0 Å². The molecular weight excluding hydrogens is 332 g/mol. The van der Waals surface area contributed by atoms with Gasteiger partial charge in [-0.25, -0.2) is 0 Å². The highest BCUT2D eigenvalue weighted by Gasteiger charge is 1.98. The number of carboxylic acids is 1. The topological polar surface area (TPSA) is 37.3 Å². The van der Waals surface area contributed by atoms with Crippen LogP contribution < -0.4 is 0 Å². The molecule has 0 unspecified atom stereocenters. The van der Waals surface area contributed by atoms with Crippen LogP contribution in [-0.2, 0) is 4.79 Å². The third kappa shape index (κ3) is 23.2. The summed E-state index contributed by atoms with van der Waals surface area (Å²) in [6.45, 7) is 6.53. The molecule has 0 heterocycles. The second-order valence-electron chi connectivity index (χ2n) is 8.40. The molecule has 0 saturated heterocycles. The maximum atomic E-state index is 10.4. The van der Waals surface area contributed by atoms with E-state index in [1.165, 1.54) is 121 Å². The van der Waals surface area contributed by atoms with Crippen molar-refractivity contribution < 1.29 is 9.90 Å².